The van der Waals surface area contributed by atoms with Gasteiger partial charge in [-0.25, -0.2) is 13.6 Å². The maximum atomic E-state index is 11.9. The minimum atomic E-state index is -3.81. The van der Waals surface area contributed by atoms with Gasteiger partial charge in [0, 0.05) is 5.69 Å². The minimum Gasteiger partial charge on any atom is -0.483 e. The molecule has 0 aliphatic heterocycles. The number of carbonyl (C=O) groups excluding carboxylic acids is 1. The molecule has 0 aliphatic rings. The van der Waals surface area contributed by atoms with E-state index < -0.39 is 15.9 Å². The molecule has 0 radical (unpaired) electrons. The van der Waals surface area contributed by atoms with Crippen molar-refractivity contribution in [3.8, 4) is 5.75 Å². The van der Waals surface area contributed by atoms with Crippen molar-refractivity contribution >= 4 is 21.6 Å². The average molecular weight is 334 g/mol. The molecule has 0 saturated heterocycles. The number of rotatable bonds is 5. The lowest BCUT2D eigenvalue weighted by Gasteiger charge is -2.11. The van der Waals surface area contributed by atoms with Gasteiger partial charge in [-0.3, -0.25) is 4.79 Å². The van der Waals surface area contributed by atoms with Crippen LogP contribution in [0.2, 0.25) is 0 Å². The Hall–Kier alpha value is -2.38. The van der Waals surface area contributed by atoms with E-state index >= 15 is 0 Å². The number of anilines is 1. The van der Waals surface area contributed by atoms with E-state index in [0.717, 1.165) is 11.1 Å². The molecule has 2 rings (SSSR count). The number of hydrogen-bond donors (Lipinski definition) is 2. The summed E-state index contributed by atoms with van der Waals surface area (Å²) in [5.41, 5.74) is 2.38. The van der Waals surface area contributed by atoms with Crippen molar-refractivity contribution in [3.05, 3.63) is 53.6 Å². The van der Waals surface area contributed by atoms with Crippen LogP contribution in [0.4, 0.5) is 5.69 Å². The van der Waals surface area contributed by atoms with Gasteiger partial charge in [-0.2, -0.15) is 0 Å². The molecule has 0 heterocycles. The molecule has 0 saturated carbocycles. The van der Waals surface area contributed by atoms with E-state index in [1.807, 2.05) is 26.0 Å². The Labute approximate surface area is 135 Å². The van der Waals surface area contributed by atoms with Gasteiger partial charge in [0.05, 0.1) is 4.90 Å². The summed E-state index contributed by atoms with van der Waals surface area (Å²) in [5, 5.41) is 7.63. The summed E-state index contributed by atoms with van der Waals surface area (Å²) >= 11 is 0. The monoisotopic (exact) mass is 334 g/mol. The number of benzene rings is 2. The third-order valence-electron chi connectivity index (χ3n) is 3.36. The predicted octanol–water partition coefficient (Wildman–Crippen LogP) is 1.97. The SMILES string of the molecule is Cc1cccc(OCC(=O)Nc2cccc(S(N)(=O)=O)c2)c1C. The Kier molecular flexibility index (Phi) is 5.02. The van der Waals surface area contributed by atoms with Crippen LogP contribution >= 0.6 is 0 Å². The molecular formula is C16H18N2O4S. The minimum absolute atomic E-state index is 0.0641. The van der Waals surface area contributed by atoms with Crippen molar-refractivity contribution in [2.75, 3.05) is 11.9 Å². The smallest absolute Gasteiger partial charge is 0.262 e. The van der Waals surface area contributed by atoms with Crippen molar-refractivity contribution in [1.82, 2.24) is 0 Å². The Morgan fingerprint density at radius 2 is 1.87 bits per heavy atom. The second kappa shape index (κ2) is 6.80. The highest BCUT2D eigenvalue weighted by molar-refractivity contribution is 7.89. The second-order valence-electron chi connectivity index (χ2n) is 5.11. The van der Waals surface area contributed by atoms with Crippen LogP contribution < -0.4 is 15.2 Å². The fourth-order valence-electron chi connectivity index (χ4n) is 1.97. The molecule has 0 aliphatic carbocycles. The fraction of sp³-hybridized carbons (Fsp3) is 0.188. The van der Waals surface area contributed by atoms with Crippen LogP contribution in [0.1, 0.15) is 11.1 Å². The summed E-state index contributed by atoms with van der Waals surface area (Å²) in [6, 6.07) is 11.3. The normalized spacial score (nSPS) is 11.1. The molecular weight excluding hydrogens is 316 g/mol. The third kappa shape index (κ3) is 4.54. The van der Waals surface area contributed by atoms with E-state index in [4.69, 9.17) is 9.88 Å². The van der Waals surface area contributed by atoms with Gasteiger partial charge < -0.3 is 10.1 Å². The topological polar surface area (TPSA) is 98.5 Å². The first kappa shape index (κ1) is 17.0. The lowest BCUT2D eigenvalue weighted by Crippen LogP contribution is -2.21. The zero-order chi connectivity index (χ0) is 17.0. The highest BCUT2D eigenvalue weighted by atomic mass is 32.2. The summed E-state index contributed by atoms with van der Waals surface area (Å²) in [5.74, 6) is 0.246. The number of aryl methyl sites for hydroxylation is 1. The average Bonchev–Trinajstić information content (AvgIpc) is 2.48. The first-order chi connectivity index (χ1) is 10.8. The van der Waals surface area contributed by atoms with Crippen LogP contribution in [-0.2, 0) is 14.8 Å². The molecule has 0 atom stereocenters. The molecule has 0 unspecified atom stereocenters. The molecule has 0 fully saturated rings. The molecule has 2 aromatic rings. The number of hydrogen-bond acceptors (Lipinski definition) is 4. The first-order valence-corrected chi connectivity index (χ1v) is 8.44. The number of sulfonamides is 1. The molecule has 0 aromatic heterocycles. The third-order valence-corrected chi connectivity index (χ3v) is 4.27. The van der Waals surface area contributed by atoms with Crippen LogP contribution in [0.5, 0.6) is 5.75 Å². The molecule has 0 spiro atoms. The molecule has 2 aromatic carbocycles. The summed E-state index contributed by atoms with van der Waals surface area (Å²) in [6.07, 6.45) is 0. The molecule has 1 amide bonds. The molecule has 122 valence electrons. The summed E-state index contributed by atoms with van der Waals surface area (Å²) in [7, 11) is -3.81. The molecule has 7 heteroatoms. The molecule has 0 bridgehead atoms. The maximum Gasteiger partial charge on any atom is 0.262 e. The zero-order valence-corrected chi connectivity index (χ0v) is 13.7. The van der Waals surface area contributed by atoms with E-state index in [1.54, 1.807) is 12.1 Å². The van der Waals surface area contributed by atoms with Crippen molar-refractivity contribution in [3.63, 3.8) is 0 Å². The number of carbonyl (C=O) groups is 1. The van der Waals surface area contributed by atoms with Gasteiger partial charge in [-0.15, -0.1) is 0 Å². The van der Waals surface area contributed by atoms with Crippen LogP contribution in [0.25, 0.3) is 0 Å². The van der Waals surface area contributed by atoms with E-state index in [9.17, 15) is 13.2 Å². The Morgan fingerprint density at radius 1 is 1.17 bits per heavy atom. The van der Waals surface area contributed by atoms with E-state index in [1.165, 1.54) is 18.2 Å². The predicted molar refractivity (Wildman–Crippen MR) is 87.9 cm³/mol. The molecule has 3 N–H and O–H groups in total. The van der Waals surface area contributed by atoms with E-state index in [2.05, 4.69) is 5.32 Å². The number of nitrogens with one attached hydrogen (secondary N) is 1. The highest BCUT2D eigenvalue weighted by Gasteiger charge is 2.10. The molecule has 6 nitrogen and oxygen atoms in total. The van der Waals surface area contributed by atoms with Crippen molar-refractivity contribution < 1.29 is 17.9 Å². The van der Waals surface area contributed by atoms with Crippen molar-refractivity contribution in [2.45, 2.75) is 18.7 Å². The first-order valence-electron chi connectivity index (χ1n) is 6.89. The summed E-state index contributed by atoms with van der Waals surface area (Å²) in [6.45, 7) is 3.70. The van der Waals surface area contributed by atoms with Crippen molar-refractivity contribution in [1.29, 1.82) is 0 Å². The van der Waals surface area contributed by atoms with Gasteiger partial charge in [0.2, 0.25) is 10.0 Å². The lowest BCUT2D eigenvalue weighted by molar-refractivity contribution is -0.118. The second-order valence-corrected chi connectivity index (χ2v) is 6.67. The van der Waals surface area contributed by atoms with Gasteiger partial charge in [-0.05, 0) is 49.2 Å². The molecule has 23 heavy (non-hydrogen) atoms. The van der Waals surface area contributed by atoms with Gasteiger partial charge >= 0.3 is 0 Å². The quantitative estimate of drug-likeness (QED) is 0.873. The van der Waals surface area contributed by atoms with Crippen LogP contribution in [0.3, 0.4) is 0 Å². The highest BCUT2D eigenvalue weighted by Crippen LogP contribution is 2.20. The number of ether oxygens (including phenoxy) is 1. The van der Waals surface area contributed by atoms with E-state index in [-0.39, 0.29) is 11.5 Å². The van der Waals surface area contributed by atoms with Gasteiger partial charge in [0.15, 0.2) is 6.61 Å². The number of amides is 1. The maximum absolute atomic E-state index is 11.9. The lowest BCUT2D eigenvalue weighted by atomic mass is 10.1. The Bertz CT molecular complexity index is 832. The van der Waals surface area contributed by atoms with Crippen molar-refractivity contribution in [2.24, 2.45) is 5.14 Å². The Balaban J connectivity index is 2.02. The van der Waals surface area contributed by atoms with Gasteiger partial charge in [0.25, 0.3) is 5.91 Å². The Morgan fingerprint density at radius 3 is 2.57 bits per heavy atom. The van der Waals surface area contributed by atoms with E-state index in [0.29, 0.717) is 11.4 Å². The summed E-state index contributed by atoms with van der Waals surface area (Å²) < 4.78 is 28.1. The fourth-order valence-corrected chi connectivity index (χ4v) is 2.53. The van der Waals surface area contributed by atoms with Gasteiger partial charge in [-0.1, -0.05) is 18.2 Å². The van der Waals surface area contributed by atoms with Crippen LogP contribution in [-0.4, -0.2) is 20.9 Å². The standard InChI is InChI=1S/C16H18N2O4S/c1-11-5-3-8-15(12(11)2)22-10-16(19)18-13-6-4-7-14(9-13)23(17,20)21/h3-9H,10H2,1-2H3,(H,18,19)(H2,17,20,21). The number of nitrogens with two attached hydrogens (primary N) is 1. The zero-order valence-electron chi connectivity index (χ0n) is 12.9. The number of primary sulfonamides is 1. The van der Waals surface area contributed by atoms with Crippen LogP contribution in [0.15, 0.2) is 47.4 Å². The van der Waals surface area contributed by atoms with Gasteiger partial charge in [0.1, 0.15) is 5.75 Å². The van der Waals surface area contributed by atoms with Crippen LogP contribution in [0, 0.1) is 13.8 Å². The summed E-state index contributed by atoms with van der Waals surface area (Å²) in [4.78, 5) is 11.9. The largest absolute Gasteiger partial charge is 0.483 e.